The van der Waals surface area contributed by atoms with E-state index in [0.717, 1.165) is 6.42 Å². The van der Waals surface area contributed by atoms with Gasteiger partial charge in [-0.15, -0.1) is 6.42 Å². The molecular formula is C21H17F2N3S. The average molecular weight is 381 g/mol. The molecule has 0 bridgehead atoms. The van der Waals surface area contributed by atoms with Crippen molar-refractivity contribution in [2.24, 2.45) is 16.6 Å². The lowest BCUT2D eigenvalue weighted by Gasteiger charge is -2.30. The number of benzene rings is 1. The van der Waals surface area contributed by atoms with Crippen LogP contribution >= 0.6 is 11.8 Å². The average Bonchev–Trinajstić information content (AvgIpc) is 3.43. The monoisotopic (exact) mass is 381 g/mol. The van der Waals surface area contributed by atoms with Crippen molar-refractivity contribution in [3.8, 4) is 12.3 Å². The summed E-state index contributed by atoms with van der Waals surface area (Å²) in [7, 11) is 0. The van der Waals surface area contributed by atoms with Gasteiger partial charge in [0.2, 0.25) is 0 Å². The first-order valence-corrected chi connectivity index (χ1v) is 9.41. The third-order valence-corrected chi connectivity index (χ3v) is 6.23. The number of nitrogens with two attached hydrogens (primary N) is 1. The van der Waals surface area contributed by atoms with Gasteiger partial charge in [-0.05, 0) is 49.2 Å². The van der Waals surface area contributed by atoms with Crippen molar-refractivity contribution in [2.75, 3.05) is 0 Å². The first kappa shape index (κ1) is 17.7. The number of aromatic nitrogens is 1. The highest BCUT2D eigenvalue weighted by molar-refractivity contribution is 8.14. The van der Waals surface area contributed by atoms with Gasteiger partial charge >= 0.3 is 0 Å². The second-order valence-corrected chi connectivity index (χ2v) is 8.16. The maximum atomic E-state index is 14.6. The number of amidine groups is 1. The predicted molar refractivity (Wildman–Crippen MR) is 106 cm³/mol. The number of aliphatic imine (C=N–C) groups is 1. The summed E-state index contributed by atoms with van der Waals surface area (Å²) in [5.74, 6) is 1.80. The number of nitrogens with zero attached hydrogens (tertiary/aromatic N) is 2. The smallest absolute Gasteiger partial charge is 0.155 e. The first-order valence-electron chi connectivity index (χ1n) is 8.53. The molecule has 1 fully saturated rings. The number of rotatable bonds is 3. The van der Waals surface area contributed by atoms with Crippen LogP contribution in [0.15, 0.2) is 41.5 Å². The van der Waals surface area contributed by atoms with Crippen molar-refractivity contribution < 1.29 is 8.78 Å². The molecular weight excluding hydrogens is 364 g/mol. The van der Waals surface area contributed by atoms with Crippen molar-refractivity contribution in [1.82, 2.24) is 4.98 Å². The Morgan fingerprint density at radius 3 is 2.93 bits per heavy atom. The van der Waals surface area contributed by atoms with E-state index in [4.69, 9.17) is 12.2 Å². The van der Waals surface area contributed by atoms with Crippen LogP contribution in [0.3, 0.4) is 0 Å². The van der Waals surface area contributed by atoms with E-state index >= 15 is 0 Å². The van der Waals surface area contributed by atoms with Gasteiger partial charge in [0.25, 0.3) is 0 Å². The number of thioether (sulfide) groups is 1. The van der Waals surface area contributed by atoms with Crippen LogP contribution in [-0.4, -0.2) is 15.4 Å². The molecule has 1 aliphatic heterocycles. The maximum absolute atomic E-state index is 14.6. The summed E-state index contributed by atoms with van der Waals surface area (Å²) in [5, 5.41) is 0.849. The largest absolute Gasteiger partial charge is 0.379 e. The van der Waals surface area contributed by atoms with E-state index in [2.05, 4.69) is 15.9 Å². The second-order valence-electron chi connectivity index (χ2n) is 6.90. The lowest BCUT2D eigenvalue weighted by Crippen LogP contribution is -2.31. The SMILES string of the molecule is C#Cc1ccc(/C(F)=C/c2ccc(F)c([C@@]3(C)N=C(N)SC4C[C@H]43)c2)nc1. The molecule has 3 nitrogen and oxygen atoms in total. The van der Waals surface area contributed by atoms with E-state index in [1.165, 1.54) is 30.5 Å². The van der Waals surface area contributed by atoms with Crippen molar-refractivity contribution in [3.05, 3.63) is 64.7 Å². The number of hydrogen-bond acceptors (Lipinski definition) is 4. The lowest BCUT2D eigenvalue weighted by atomic mass is 9.86. The Morgan fingerprint density at radius 2 is 2.22 bits per heavy atom. The normalized spacial score (nSPS) is 26.7. The number of terminal acetylenes is 1. The van der Waals surface area contributed by atoms with Crippen LogP contribution in [0.2, 0.25) is 0 Å². The zero-order chi connectivity index (χ0) is 19.2. The molecule has 2 N–H and O–H groups in total. The molecule has 2 aliphatic rings. The minimum atomic E-state index is -0.725. The van der Waals surface area contributed by atoms with Gasteiger partial charge in [0.05, 0.1) is 11.2 Å². The molecule has 1 aromatic heterocycles. The fraction of sp³-hybridized carbons (Fsp3) is 0.238. The zero-order valence-electron chi connectivity index (χ0n) is 14.6. The molecule has 1 unspecified atom stereocenters. The maximum Gasteiger partial charge on any atom is 0.155 e. The quantitative estimate of drug-likeness (QED) is 0.805. The van der Waals surface area contributed by atoms with Crippen LogP contribution in [0.1, 0.15) is 35.7 Å². The fourth-order valence-corrected chi connectivity index (χ4v) is 4.79. The van der Waals surface area contributed by atoms with Gasteiger partial charge in [0, 0.05) is 28.5 Å². The third-order valence-electron chi connectivity index (χ3n) is 5.07. The van der Waals surface area contributed by atoms with E-state index in [-0.39, 0.29) is 17.4 Å². The number of halogens is 2. The Balaban J connectivity index is 1.70. The minimum Gasteiger partial charge on any atom is -0.379 e. The van der Waals surface area contributed by atoms with E-state index in [0.29, 0.717) is 27.1 Å². The topological polar surface area (TPSA) is 51.3 Å². The molecule has 1 saturated carbocycles. The molecule has 27 heavy (non-hydrogen) atoms. The molecule has 4 rings (SSSR count). The van der Waals surface area contributed by atoms with E-state index < -0.39 is 11.4 Å². The van der Waals surface area contributed by atoms with Gasteiger partial charge in [-0.1, -0.05) is 23.7 Å². The van der Waals surface area contributed by atoms with Crippen molar-refractivity contribution >= 4 is 28.8 Å². The van der Waals surface area contributed by atoms with Crippen molar-refractivity contribution in [3.63, 3.8) is 0 Å². The Kier molecular flexibility index (Phi) is 4.27. The molecule has 1 aliphatic carbocycles. The zero-order valence-corrected chi connectivity index (χ0v) is 15.4. The van der Waals surface area contributed by atoms with E-state index in [9.17, 15) is 8.78 Å². The van der Waals surface area contributed by atoms with Crippen LogP contribution in [0.25, 0.3) is 11.9 Å². The molecule has 0 amide bonds. The highest BCUT2D eigenvalue weighted by Crippen LogP contribution is 2.57. The summed E-state index contributed by atoms with van der Waals surface area (Å²) >= 11 is 1.54. The van der Waals surface area contributed by atoms with Crippen molar-refractivity contribution in [1.29, 1.82) is 0 Å². The van der Waals surface area contributed by atoms with Crippen LogP contribution in [0, 0.1) is 24.1 Å². The van der Waals surface area contributed by atoms with Gasteiger partial charge in [0.15, 0.2) is 5.17 Å². The van der Waals surface area contributed by atoms with Crippen molar-refractivity contribution in [2.45, 2.75) is 24.1 Å². The standard InChI is InChI=1S/C21H17F2N3S/c1-3-12-5-7-18(25-11-12)17(23)9-13-4-6-16(22)14(8-13)21(2)15-10-19(15)27-20(24)26-21/h1,4-9,11,15,19H,10H2,2H3,(H2,24,26)/b17-9-/t15-,19?,21-/m1/s1. The molecule has 0 spiro atoms. The summed E-state index contributed by atoms with van der Waals surface area (Å²) in [6, 6.07) is 7.67. The van der Waals surface area contributed by atoms with E-state index in [1.54, 1.807) is 23.9 Å². The number of pyridine rings is 1. The number of fused-ring (bicyclic) bond motifs is 1. The first-order chi connectivity index (χ1) is 12.9. The Bertz CT molecular complexity index is 1010. The van der Waals surface area contributed by atoms with Crippen LogP contribution in [0.5, 0.6) is 0 Å². The number of hydrogen-bond donors (Lipinski definition) is 1. The lowest BCUT2D eigenvalue weighted by molar-refractivity contribution is 0.408. The van der Waals surface area contributed by atoms with E-state index in [1.807, 2.05) is 6.92 Å². The molecule has 0 radical (unpaired) electrons. The highest BCUT2D eigenvalue weighted by atomic mass is 32.2. The van der Waals surface area contributed by atoms with Crippen LogP contribution in [0.4, 0.5) is 8.78 Å². The summed E-state index contributed by atoms with van der Waals surface area (Å²) in [6.45, 7) is 1.90. The molecule has 0 saturated heterocycles. The van der Waals surface area contributed by atoms with Crippen LogP contribution in [-0.2, 0) is 5.54 Å². The fourth-order valence-electron chi connectivity index (χ4n) is 3.51. The molecule has 136 valence electrons. The third kappa shape index (κ3) is 3.24. The summed E-state index contributed by atoms with van der Waals surface area (Å²) < 4.78 is 29.2. The van der Waals surface area contributed by atoms with Gasteiger partial charge < -0.3 is 5.73 Å². The molecule has 3 atom stereocenters. The molecule has 1 aromatic carbocycles. The Morgan fingerprint density at radius 1 is 1.41 bits per heavy atom. The second kappa shape index (κ2) is 6.50. The predicted octanol–water partition coefficient (Wildman–Crippen LogP) is 4.33. The van der Waals surface area contributed by atoms with Gasteiger partial charge in [-0.25, -0.2) is 8.78 Å². The Labute approximate surface area is 160 Å². The Hall–Kier alpha value is -2.65. The molecule has 2 heterocycles. The minimum absolute atomic E-state index is 0.171. The highest BCUT2D eigenvalue weighted by Gasteiger charge is 2.55. The summed E-state index contributed by atoms with van der Waals surface area (Å²) in [4.78, 5) is 8.55. The summed E-state index contributed by atoms with van der Waals surface area (Å²) in [5.41, 5.74) is 6.93. The van der Waals surface area contributed by atoms with Crippen LogP contribution < -0.4 is 5.73 Å². The van der Waals surface area contributed by atoms with Gasteiger partial charge in [0.1, 0.15) is 11.6 Å². The summed E-state index contributed by atoms with van der Waals surface area (Å²) in [6.07, 6.45) is 9.00. The van der Waals surface area contributed by atoms with Gasteiger partial charge in [-0.2, -0.15) is 0 Å². The van der Waals surface area contributed by atoms with Gasteiger partial charge in [-0.3, -0.25) is 9.98 Å². The molecule has 6 heteroatoms. The molecule has 2 aromatic rings.